The molecule has 2 aliphatic heterocycles. The molecule has 2 fully saturated rings. The Balaban J connectivity index is 1.33. The van der Waals surface area contributed by atoms with Gasteiger partial charge in [-0.25, -0.2) is 0 Å². The number of likely N-dealkylation sites (N-methyl/N-ethyl adjacent to an activating group) is 1. The van der Waals surface area contributed by atoms with E-state index in [9.17, 15) is 4.79 Å². The Hall–Kier alpha value is -2.54. The van der Waals surface area contributed by atoms with Gasteiger partial charge in [-0.3, -0.25) is 14.7 Å². The Morgan fingerprint density at radius 3 is 2.88 bits per heavy atom. The lowest BCUT2D eigenvalue weighted by Gasteiger charge is -2.51. The molecule has 2 aliphatic rings. The summed E-state index contributed by atoms with van der Waals surface area (Å²) >= 11 is 0. The molecule has 4 rings (SSSR count). The molecule has 1 atom stereocenters. The fourth-order valence-electron chi connectivity index (χ4n) is 3.87. The maximum atomic E-state index is 12.5. The van der Waals surface area contributed by atoms with Gasteiger partial charge in [-0.1, -0.05) is 0 Å². The fourth-order valence-corrected chi connectivity index (χ4v) is 3.87. The maximum absolute atomic E-state index is 12.5. The molecule has 130 valence electrons. The molecule has 0 N–H and O–H groups in total. The van der Waals surface area contributed by atoms with Crippen molar-refractivity contribution in [3.05, 3.63) is 48.5 Å². The zero-order valence-electron chi connectivity index (χ0n) is 14.2. The molecule has 2 saturated heterocycles. The highest BCUT2D eigenvalue weighted by atomic mass is 16.5. The first-order chi connectivity index (χ1) is 12.2. The summed E-state index contributed by atoms with van der Waals surface area (Å²) in [6, 6.07) is 5.51. The Bertz CT molecular complexity index is 734. The second-order valence-electron chi connectivity index (χ2n) is 6.97. The van der Waals surface area contributed by atoms with Gasteiger partial charge in [0.15, 0.2) is 0 Å². The van der Waals surface area contributed by atoms with E-state index in [-0.39, 0.29) is 11.4 Å². The normalized spacial score (nSPS) is 22.0. The number of nitrogens with zero attached hydrogens (tertiary/aromatic N) is 5. The van der Waals surface area contributed by atoms with Gasteiger partial charge in [-0.05, 0) is 31.7 Å². The van der Waals surface area contributed by atoms with Crippen LogP contribution in [-0.4, -0.2) is 69.7 Å². The molecule has 2 aromatic rings. The molecule has 2 aromatic heterocycles. The van der Waals surface area contributed by atoms with Crippen LogP contribution in [0.3, 0.4) is 0 Å². The zero-order chi connectivity index (χ0) is 17.3. The van der Waals surface area contributed by atoms with Gasteiger partial charge in [-0.15, -0.1) is 0 Å². The molecule has 0 saturated carbocycles. The number of amides is 1. The Morgan fingerprint density at radius 1 is 1.28 bits per heavy atom. The average Bonchev–Trinajstić information content (AvgIpc) is 2.96. The lowest BCUT2D eigenvalue weighted by Crippen LogP contribution is -2.68. The van der Waals surface area contributed by atoms with Crippen molar-refractivity contribution in [3.63, 3.8) is 0 Å². The van der Waals surface area contributed by atoms with Gasteiger partial charge in [0, 0.05) is 31.7 Å². The first kappa shape index (κ1) is 16.0. The standard InChI is InChI=1S/C18H21N5O2/c1-22-10-14(11-25-16-3-2-5-19-9-16)7-18(22)12-23(13-18)17(24)15-4-6-20-21-8-15/h2-6,8-9,14H,7,10-13H2,1H3/t14-/m0/s1. The van der Waals surface area contributed by atoms with Crippen LogP contribution < -0.4 is 4.74 Å². The minimum absolute atomic E-state index is 0.0315. The lowest BCUT2D eigenvalue weighted by atomic mass is 9.84. The highest BCUT2D eigenvalue weighted by molar-refractivity contribution is 5.94. The minimum Gasteiger partial charge on any atom is -0.492 e. The molecule has 1 amide bonds. The van der Waals surface area contributed by atoms with E-state index in [0.717, 1.165) is 31.8 Å². The Morgan fingerprint density at radius 2 is 2.16 bits per heavy atom. The number of rotatable bonds is 4. The Kier molecular flexibility index (Phi) is 4.09. The molecular formula is C18H21N5O2. The summed E-state index contributed by atoms with van der Waals surface area (Å²) in [5.41, 5.74) is 0.681. The van der Waals surface area contributed by atoms with E-state index in [1.165, 1.54) is 6.20 Å². The van der Waals surface area contributed by atoms with Gasteiger partial charge in [0.1, 0.15) is 5.75 Å². The largest absolute Gasteiger partial charge is 0.492 e. The molecule has 25 heavy (non-hydrogen) atoms. The molecule has 1 spiro atoms. The Labute approximate surface area is 146 Å². The van der Waals surface area contributed by atoms with E-state index in [4.69, 9.17) is 4.74 Å². The summed E-state index contributed by atoms with van der Waals surface area (Å²) in [6.07, 6.45) is 7.60. The van der Waals surface area contributed by atoms with Crippen molar-refractivity contribution in [2.45, 2.75) is 12.0 Å². The van der Waals surface area contributed by atoms with E-state index in [0.29, 0.717) is 18.1 Å². The van der Waals surface area contributed by atoms with Crippen LogP contribution in [0.2, 0.25) is 0 Å². The number of carbonyl (C=O) groups excluding carboxylic acids is 1. The van der Waals surface area contributed by atoms with Crippen LogP contribution in [0, 0.1) is 5.92 Å². The van der Waals surface area contributed by atoms with Crippen LogP contribution in [0.4, 0.5) is 0 Å². The van der Waals surface area contributed by atoms with Crippen molar-refractivity contribution in [2.75, 3.05) is 33.3 Å². The van der Waals surface area contributed by atoms with E-state index in [1.54, 1.807) is 24.7 Å². The fraction of sp³-hybridized carbons (Fsp3) is 0.444. The van der Waals surface area contributed by atoms with Crippen molar-refractivity contribution in [1.82, 2.24) is 25.0 Å². The smallest absolute Gasteiger partial charge is 0.255 e. The van der Waals surface area contributed by atoms with E-state index in [1.807, 2.05) is 17.0 Å². The molecule has 0 unspecified atom stereocenters. The summed E-state index contributed by atoms with van der Waals surface area (Å²) in [7, 11) is 2.14. The molecule has 0 bridgehead atoms. The third-order valence-electron chi connectivity index (χ3n) is 5.22. The van der Waals surface area contributed by atoms with E-state index < -0.39 is 0 Å². The van der Waals surface area contributed by atoms with Crippen molar-refractivity contribution in [3.8, 4) is 5.75 Å². The third-order valence-corrected chi connectivity index (χ3v) is 5.22. The van der Waals surface area contributed by atoms with Crippen LogP contribution in [0.25, 0.3) is 0 Å². The third kappa shape index (κ3) is 3.07. The second kappa shape index (κ2) is 6.40. The highest BCUT2D eigenvalue weighted by Crippen LogP contribution is 2.40. The monoisotopic (exact) mass is 339 g/mol. The first-order valence-electron chi connectivity index (χ1n) is 8.46. The van der Waals surface area contributed by atoms with Gasteiger partial charge in [0.05, 0.1) is 36.3 Å². The number of hydrogen-bond acceptors (Lipinski definition) is 6. The van der Waals surface area contributed by atoms with Crippen LogP contribution in [0.15, 0.2) is 43.0 Å². The van der Waals surface area contributed by atoms with Crippen LogP contribution in [0.5, 0.6) is 5.75 Å². The maximum Gasteiger partial charge on any atom is 0.255 e. The number of likely N-dealkylation sites (tertiary alicyclic amines) is 2. The topological polar surface area (TPSA) is 71.5 Å². The molecule has 4 heterocycles. The zero-order valence-corrected chi connectivity index (χ0v) is 14.2. The van der Waals surface area contributed by atoms with Crippen LogP contribution in [0.1, 0.15) is 16.8 Å². The molecule has 7 heteroatoms. The summed E-state index contributed by atoms with van der Waals surface area (Å²) in [5, 5.41) is 7.51. The predicted octanol–water partition coefficient (Wildman–Crippen LogP) is 1.10. The second-order valence-corrected chi connectivity index (χ2v) is 6.97. The van der Waals surface area contributed by atoms with E-state index in [2.05, 4.69) is 27.1 Å². The molecule has 7 nitrogen and oxygen atoms in total. The molecule has 0 aromatic carbocycles. The summed E-state index contributed by atoms with van der Waals surface area (Å²) < 4.78 is 5.86. The quantitative estimate of drug-likeness (QED) is 0.831. The number of pyridine rings is 1. The van der Waals surface area contributed by atoms with Crippen molar-refractivity contribution in [2.24, 2.45) is 5.92 Å². The van der Waals surface area contributed by atoms with Gasteiger partial charge in [0.2, 0.25) is 0 Å². The van der Waals surface area contributed by atoms with Gasteiger partial charge < -0.3 is 9.64 Å². The minimum atomic E-state index is 0.0315. The molecule has 0 aliphatic carbocycles. The summed E-state index contributed by atoms with van der Waals surface area (Å²) in [5.74, 6) is 1.30. The summed E-state index contributed by atoms with van der Waals surface area (Å²) in [4.78, 5) is 20.8. The van der Waals surface area contributed by atoms with Crippen LogP contribution >= 0.6 is 0 Å². The first-order valence-corrected chi connectivity index (χ1v) is 8.46. The van der Waals surface area contributed by atoms with Gasteiger partial charge >= 0.3 is 0 Å². The average molecular weight is 339 g/mol. The summed E-state index contributed by atoms with van der Waals surface area (Å²) in [6.45, 7) is 3.18. The predicted molar refractivity (Wildman–Crippen MR) is 91.1 cm³/mol. The van der Waals surface area contributed by atoms with Crippen molar-refractivity contribution in [1.29, 1.82) is 0 Å². The SMILES string of the molecule is CN1C[C@@H](COc2cccnc2)CC12CN(C(=O)c1ccnnc1)C2. The van der Waals surface area contributed by atoms with Crippen LogP contribution in [-0.2, 0) is 0 Å². The molecular weight excluding hydrogens is 318 g/mol. The number of carbonyl (C=O) groups is 1. The van der Waals surface area contributed by atoms with E-state index >= 15 is 0 Å². The highest BCUT2D eigenvalue weighted by Gasteiger charge is 2.53. The van der Waals surface area contributed by atoms with Crippen molar-refractivity contribution >= 4 is 5.91 Å². The number of hydrogen-bond donors (Lipinski definition) is 0. The molecule has 0 radical (unpaired) electrons. The number of aromatic nitrogens is 3. The number of ether oxygens (including phenoxy) is 1. The van der Waals surface area contributed by atoms with Gasteiger partial charge in [-0.2, -0.15) is 10.2 Å². The van der Waals surface area contributed by atoms with Crippen molar-refractivity contribution < 1.29 is 9.53 Å². The van der Waals surface area contributed by atoms with Gasteiger partial charge in [0.25, 0.3) is 5.91 Å². The lowest BCUT2D eigenvalue weighted by molar-refractivity contribution is -0.00774.